The molecule has 0 spiro atoms. The molecular formula is C67H53BN4. The summed E-state index contributed by atoms with van der Waals surface area (Å²) in [5, 5.41) is 9.35. The van der Waals surface area contributed by atoms with Gasteiger partial charge in [0.1, 0.15) is 0 Å². The minimum Gasteiger partial charge on any atom is -0.355 e. The van der Waals surface area contributed by atoms with Crippen molar-refractivity contribution in [2.75, 3.05) is 15.1 Å². The van der Waals surface area contributed by atoms with Gasteiger partial charge in [-0.15, -0.1) is 0 Å². The fourth-order valence-corrected chi connectivity index (χ4v) is 13.8. The number of fused-ring (bicyclic) bond motifs is 7. The van der Waals surface area contributed by atoms with Gasteiger partial charge >= 0.3 is 0 Å². The van der Waals surface area contributed by atoms with Gasteiger partial charge in [0.2, 0.25) is 0 Å². The highest BCUT2D eigenvalue weighted by Crippen LogP contribution is 2.59. The Kier molecular flexibility index (Phi) is 8.31. The number of nitrogens with zero attached hydrogens (tertiary/aromatic N) is 3. The number of para-hydroxylation sites is 6. The molecule has 1 aromatic heterocycles. The lowest BCUT2D eigenvalue weighted by Gasteiger charge is -2.43. The third-order valence-electron chi connectivity index (χ3n) is 17.3. The van der Waals surface area contributed by atoms with Crippen LogP contribution in [0.25, 0.3) is 49.4 Å². The molecule has 10 aromatic carbocycles. The Morgan fingerprint density at radius 3 is 1.72 bits per heavy atom. The standard InChI is InChI=1S/C67H53BN4/c1-65(2)47-28-15-18-33-54(47)69-61-46(37-43(38-51(61)65)70(41-23-9-7-10-24-41)42-25-11-8-12-26-42)45-39-57(71-55-34-19-16-29-48(55)66(3,4)49-30-17-20-35-56(49)71)59-58-44-27-14-13-22-40(44)36-52-63(58)72-62-50(67(52,5)6)31-21-32-53(62)68-60(45)64(59)72/h7-39,68-69H,1-6H3. The van der Waals surface area contributed by atoms with Crippen LogP contribution in [0, 0.1) is 0 Å². The normalized spacial score (nSPS) is 15.6. The average Bonchev–Trinajstić information content (AvgIpc) is 3.77. The third kappa shape index (κ3) is 5.38. The van der Waals surface area contributed by atoms with Crippen LogP contribution in [0.5, 0.6) is 0 Å². The average molecular weight is 925 g/mol. The van der Waals surface area contributed by atoms with Gasteiger partial charge in [-0.25, -0.2) is 0 Å². The first-order chi connectivity index (χ1) is 35.0. The SMILES string of the molecule is CC1(C)c2ccccc2N(c2cc(-c3cc(N(c4ccccc4)c4ccccc4)cc4c3Nc3ccccc3C4(C)C)c3c4c2c2c5ccccc5cc5c2n4-c2c(cccc2C5(C)C)B3)c2ccccc21. The molecule has 72 heavy (non-hydrogen) atoms. The number of hydrogen-bond donors (Lipinski definition) is 1. The van der Waals surface area contributed by atoms with E-state index in [4.69, 9.17) is 0 Å². The molecule has 0 saturated heterocycles. The fourth-order valence-electron chi connectivity index (χ4n) is 13.8. The predicted molar refractivity (Wildman–Crippen MR) is 306 cm³/mol. The van der Waals surface area contributed by atoms with Crippen LogP contribution in [-0.2, 0) is 16.2 Å². The summed E-state index contributed by atoms with van der Waals surface area (Å²) < 4.78 is 2.73. The first-order valence-corrected chi connectivity index (χ1v) is 25.7. The summed E-state index contributed by atoms with van der Waals surface area (Å²) in [5.74, 6) is 0. The summed E-state index contributed by atoms with van der Waals surface area (Å²) in [6.07, 6.45) is 0. The number of benzene rings is 10. The molecule has 1 N–H and O–H groups in total. The van der Waals surface area contributed by atoms with Crippen molar-refractivity contribution >= 4 is 96.3 Å². The van der Waals surface area contributed by atoms with E-state index in [0.717, 1.165) is 35.7 Å². The number of hydrogen-bond acceptors (Lipinski definition) is 3. The first kappa shape index (κ1) is 41.5. The lowest BCUT2D eigenvalue weighted by atomic mass is 9.57. The highest BCUT2D eigenvalue weighted by atomic mass is 15.2. The Labute approximate surface area is 422 Å². The molecular weight excluding hydrogens is 872 g/mol. The van der Waals surface area contributed by atoms with Gasteiger partial charge in [-0.1, -0.05) is 180 Å². The van der Waals surface area contributed by atoms with Crippen molar-refractivity contribution in [1.82, 2.24) is 4.57 Å². The van der Waals surface area contributed by atoms with E-state index >= 15 is 0 Å². The maximum atomic E-state index is 4.14. The van der Waals surface area contributed by atoms with Gasteiger partial charge in [-0.05, 0) is 122 Å². The summed E-state index contributed by atoms with van der Waals surface area (Å²) in [5.41, 5.74) is 25.6. The molecule has 344 valence electrons. The molecule has 0 fully saturated rings. The second kappa shape index (κ2) is 14.4. The molecule has 11 aromatic rings. The maximum absolute atomic E-state index is 4.14. The van der Waals surface area contributed by atoms with Crippen LogP contribution >= 0.6 is 0 Å². The van der Waals surface area contributed by atoms with Crippen LogP contribution in [-0.4, -0.2) is 11.8 Å². The van der Waals surface area contributed by atoms with E-state index in [1.165, 1.54) is 111 Å². The molecule has 0 radical (unpaired) electrons. The van der Waals surface area contributed by atoms with Gasteiger partial charge in [-0.3, -0.25) is 0 Å². The van der Waals surface area contributed by atoms with Crippen molar-refractivity contribution in [3.8, 4) is 16.8 Å². The molecule has 5 heteroatoms. The van der Waals surface area contributed by atoms with Crippen molar-refractivity contribution in [2.24, 2.45) is 0 Å². The molecule has 0 saturated carbocycles. The molecule has 0 unspecified atom stereocenters. The zero-order chi connectivity index (χ0) is 48.4. The second-order valence-electron chi connectivity index (χ2n) is 22.2. The second-order valence-corrected chi connectivity index (χ2v) is 22.2. The molecule has 5 heterocycles. The molecule has 4 nitrogen and oxygen atoms in total. The Morgan fingerprint density at radius 2 is 1.01 bits per heavy atom. The van der Waals surface area contributed by atoms with Gasteiger partial charge < -0.3 is 19.7 Å². The zero-order valence-corrected chi connectivity index (χ0v) is 41.6. The van der Waals surface area contributed by atoms with Crippen LogP contribution in [0.3, 0.4) is 0 Å². The summed E-state index contributed by atoms with van der Waals surface area (Å²) in [4.78, 5) is 5.08. The molecule has 15 rings (SSSR count). The summed E-state index contributed by atoms with van der Waals surface area (Å²) >= 11 is 0. The van der Waals surface area contributed by atoms with Crippen molar-refractivity contribution in [1.29, 1.82) is 0 Å². The van der Waals surface area contributed by atoms with Gasteiger partial charge in [-0.2, -0.15) is 0 Å². The monoisotopic (exact) mass is 924 g/mol. The van der Waals surface area contributed by atoms with Crippen molar-refractivity contribution in [2.45, 2.75) is 57.8 Å². The summed E-state index contributed by atoms with van der Waals surface area (Å²) in [7, 11) is 0.801. The van der Waals surface area contributed by atoms with Crippen LogP contribution in [0.1, 0.15) is 74.9 Å². The Hall–Kier alpha value is -8.28. The molecule has 4 aliphatic rings. The number of anilines is 8. The van der Waals surface area contributed by atoms with E-state index in [0.29, 0.717) is 0 Å². The molecule has 0 aliphatic carbocycles. The lowest BCUT2D eigenvalue weighted by Crippen LogP contribution is -2.41. The highest BCUT2D eigenvalue weighted by Gasteiger charge is 2.44. The van der Waals surface area contributed by atoms with Gasteiger partial charge in [0.15, 0.2) is 7.28 Å². The van der Waals surface area contributed by atoms with E-state index in [-0.39, 0.29) is 16.2 Å². The van der Waals surface area contributed by atoms with E-state index in [1.807, 2.05) is 0 Å². The van der Waals surface area contributed by atoms with Crippen LogP contribution in [0.4, 0.5) is 45.5 Å². The van der Waals surface area contributed by atoms with E-state index in [1.54, 1.807) is 0 Å². The quantitative estimate of drug-likeness (QED) is 0.174. The Bertz CT molecular complexity index is 4050. The Balaban J connectivity index is 1.16. The van der Waals surface area contributed by atoms with E-state index < -0.39 is 0 Å². The minimum atomic E-state index is -0.335. The minimum absolute atomic E-state index is 0.222. The smallest absolute Gasteiger partial charge is 0.198 e. The highest BCUT2D eigenvalue weighted by molar-refractivity contribution is 6.74. The third-order valence-corrected chi connectivity index (χ3v) is 17.3. The summed E-state index contributed by atoms with van der Waals surface area (Å²) in [6.45, 7) is 14.5. The largest absolute Gasteiger partial charge is 0.355 e. The van der Waals surface area contributed by atoms with Gasteiger partial charge in [0.25, 0.3) is 0 Å². The van der Waals surface area contributed by atoms with E-state index in [9.17, 15) is 0 Å². The fraction of sp³-hybridized carbons (Fsp3) is 0.134. The zero-order valence-electron chi connectivity index (χ0n) is 41.6. The van der Waals surface area contributed by atoms with Crippen LogP contribution < -0.4 is 26.0 Å². The van der Waals surface area contributed by atoms with Crippen molar-refractivity contribution < 1.29 is 0 Å². The number of aromatic nitrogens is 1. The Morgan fingerprint density at radius 1 is 0.431 bits per heavy atom. The molecule has 4 aliphatic heterocycles. The predicted octanol–water partition coefficient (Wildman–Crippen LogP) is 15.9. The van der Waals surface area contributed by atoms with Crippen LogP contribution in [0.15, 0.2) is 200 Å². The van der Waals surface area contributed by atoms with Crippen molar-refractivity contribution in [3.05, 3.63) is 234 Å². The van der Waals surface area contributed by atoms with Crippen LogP contribution in [0.2, 0.25) is 0 Å². The molecule has 0 atom stereocenters. The van der Waals surface area contributed by atoms with Crippen molar-refractivity contribution in [3.63, 3.8) is 0 Å². The number of nitrogens with one attached hydrogen (secondary N) is 1. The molecule has 0 bridgehead atoms. The maximum Gasteiger partial charge on any atom is 0.198 e. The van der Waals surface area contributed by atoms with Gasteiger partial charge in [0.05, 0.1) is 33.8 Å². The van der Waals surface area contributed by atoms with Gasteiger partial charge in [0, 0.05) is 61.0 Å². The molecule has 0 amide bonds. The topological polar surface area (TPSA) is 23.4 Å². The van der Waals surface area contributed by atoms with E-state index in [2.05, 4.69) is 261 Å². The number of rotatable bonds is 5. The summed E-state index contributed by atoms with van der Waals surface area (Å²) in [6, 6.07) is 75.3. The first-order valence-electron chi connectivity index (χ1n) is 25.7. The lowest BCUT2D eigenvalue weighted by molar-refractivity contribution is 0.632.